The van der Waals surface area contributed by atoms with Crippen molar-refractivity contribution >= 4 is 0 Å². The first-order valence-electron chi connectivity index (χ1n) is 5.88. The molecule has 1 saturated heterocycles. The van der Waals surface area contributed by atoms with Crippen LogP contribution < -0.4 is 0 Å². The van der Waals surface area contributed by atoms with Gasteiger partial charge >= 0.3 is 0 Å². The van der Waals surface area contributed by atoms with Crippen LogP contribution in [0.5, 0.6) is 0 Å². The Labute approximate surface area is 97.3 Å². The lowest BCUT2D eigenvalue weighted by atomic mass is 10.3. The molecule has 16 heavy (non-hydrogen) atoms. The van der Waals surface area contributed by atoms with Crippen LogP contribution in [0.25, 0.3) is 0 Å². The molecule has 0 radical (unpaired) electrons. The van der Waals surface area contributed by atoms with Gasteiger partial charge in [0.1, 0.15) is 0 Å². The van der Waals surface area contributed by atoms with Crippen molar-refractivity contribution in [3.05, 3.63) is 0 Å². The summed E-state index contributed by atoms with van der Waals surface area (Å²) < 4.78 is 15.5. The van der Waals surface area contributed by atoms with Crippen molar-refractivity contribution < 1.29 is 19.3 Å². The highest BCUT2D eigenvalue weighted by molar-refractivity contribution is 4.73. The number of rotatable bonds is 9. The molecule has 0 aromatic carbocycles. The van der Waals surface area contributed by atoms with E-state index in [0.717, 1.165) is 26.1 Å². The molecule has 0 bridgehead atoms. The largest absolute Gasteiger partial charge is 0.392 e. The van der Waals surface area contributed by atoms with E-state index >= 15 is 0 Å². The third-order valence-electron chi connectivity index (χ3n) is 2.60. The smallest absolute Gasteiger partial charge is 0.0701 e. The van der Waals surface area contributed by atoms with Crippen LogP contribution in [0.2, 0.25) is 0 Å². The molecule has 0 aromatic rings. The van der Waals surface area contributed by atoms with Crippen molar-refractivity contribution in [3.63, 3.8) is 0 Å². The van der Waals surface area contributed by atoms with E-state index in [-0.39, 0.29) is 6.10 Å². The molecule has 1 unspecified atom stereocenters. The van der Waals surface area contributed by atoms with Crippen molar-refractivity contribution in [2.45, 2.75) is 12.5 Å². The van der Waals surface area contributed by atoms with Crippen molar-refractivity contribution in [1.29, 1.82) is 0 Å². The second kappa shape index (κ2) is 8.90. The van der Waals surface area contributed by atoms with Gasteiger partial charge < -0.3 is 19.3 Å². The molecule has 0 spiro atoms. The van der Waals surface area contributed by atoms with Gasteiger partial charge in [-0.1, -0.05) is 0 Å². The zero-order valence-corrected chi connectivity index (χ0v) is 10.1. The van der Waals surface area contributed by atoms with E-state index in [0.29, 0.717) is 33.0 Å². The van der Waals surface area contributed by atoms with Gasteiger partial charge in [-0.2, -0.15) is 0 Å². The lowest BCUT2D eigenvalue weighted by Gasteiger charge is -2.14. The Balaban J connectivity index is 1.78. The Kier molecular flexibility index (Phi) is 7.71. The van der Waals surface area contributed by atoms with Crippen molar-refractivity contribution in [2.24, 2.45) is 0 Å². The van der Waals surface area contributed by atoms with Gasteiger partial charge in [0.05, 0.1) is 39.1 Å². The average Bonchev–Trinajstić information content (AvgIpc) is 2.68. The van der Waals surface area contributed by atoms with Gasteiger partial charge in [-0.05, 0) is 6.42 Å². The fourth-order valence-corrected chi connectivity index (χ4v) is 1.67. The molecule has 1 heterocycles. The summed E-state index contributed by atoms with van der Waals surface area (Å²) in [4.78, 5) is 2.22. The summed E-state index contributed by atoms with van der Waals surface area (Å²) in [5, 5.41) is 9.31. The summed E-state index contributed by atoms with van der Waals surface area (Å²) in [5.41, 5.74) is 0. The number of aliphatic hydroxyl groups excluding tert-OH is 1. The number of methoxy groups -OCH3 is 1. The molecule has 1 rings (SSSR count). The van der Waals surface area contributed by atoms with E-state index in [1.165, 1.54) is 0 Å². The monoisotopic (exact) mass is 233 g/mol. The predicted octanol–water partition coefficient (Wildman–Crippen LogP) is -0.267. The topological polar surface area (TPSA) is 51.2 Å². The van der Waals surface area contributed by atoms with Crippen LogP contribution in [-0.2, 0) is 14.2 Å². The molecule has 0 aliphatic carbocycles. The first-order valence-corrected chi connectivity index (χ1v) is 5.88. The van der Waals surface area contributed by atoms with Crippen LogP contribution in [-0.4, -0.2) is 75.9 Å². The number of likely N-dealkylation sites (tertiary alicyclic amines) is 1. The number of ether oxygens (including phenoxy) is 3. The van der Waals surface area contributed by atoms with E-state index in [1.807, 2.05) is 0 Å². The number of β-amino-alcohol motifs (C(OH)–C–C–N with tert-alkyl or cyclic N) is 1. The molecule has 1 atom stereocenters. The molecule has 96 valence electrons. The Morgan fingerprint density at radius 3 is 2.44 bits per heavy atom. The highest BCUT2D eigenvalue weighted by Gasteiger charge is 2.19. The quantitative estimate of drug-likeness (QED) is 0.556. The Hall–Kier alpha value is -0.200. The van der Waals surface area contributed by atoms with Gasteiger partial charge in [-0.25, -0.2) is 0 Å². The number of hydrogen-bond acceptors (Lipinski definition) is 5. The van der Waals surface area contributed by atoms with E-state index in [2.05, 4.69) is 4.90 Å². The molecule has 1 aliphatic heterocycles. The second-order valence-electron chi connectivity index (χ2n) is 3.96. The van der Waals surface area contributed by atoms with Crippen molar-refractivity contribution in [1.82, 2.24) is 4.90 Å². The summed E-state index contributed by atoms with van der Waals surface area (Å²) in [5.74, 6) is 0. The van der Waals surface area contributed by atoms with Crippen LogP contribution in [0.15, 0.2) is 0 Å². The maximum atomic E-state index is 9.31. The summed E-state index contributed by atoms with van der Waals surface area (Å²) in [7, 11) is 1.66. The van der Waals surface area contributed by atoms with E-state index in [4.69, 9.17) is 14.2 Å². The average molecular weight is 233 g/mol. The van der Waals surface area contributed by atoms with Gasteiger partial charge in [0.15, 0.2) is 0 Å². The molecule has 0 amide bonds. The molecule has 5 heteroatoms. The van der Waals surface area contributed by atoms with Gasteiger partial charge in [-0.15, -0.1) is 0 Å². The highest BCUT2D eigenvalue weighted by Crippen LogP contribution is 2.07. The molecule has 1 aliphatic rings. The summed E-state index contributed by atoms with van der Waals surface area (Å²) >= 11 is 0. The Bertz CT molecular complexity index is 168. The third-order valence-corrected chi connectivity index (χ3v) is 2.60. The summed E-state index contributed by atoms with van der Waals surface area (Å²) in [6, 6.07) is 0. The molecular formula is C11H23NO4. The van der Waals surface area contributed by atoms with E-state index in [1.54, 1.807) is 7.11 Å². The van der Waals surface area contributed by atoms with E-state index < -0.39 is 0 Å². The lowest BCUT2D eigenvalue weighted by Crippen LogP contribution is -2.26. The zero-order chi connectivity index (χ0) is 11.6. The first kappa shape index (κ1) is 13.9. The number of aliphatic hydroxyl groups is 1. The van der Waals surface area contributed by atoms with Crippen molar-refractivity contribution in [2.75, 3.05) is 59.8 Å². The number of nitrogens with zero attached hydrogens (tertiary/aromatic N) is 1. The van der Waals surface area contributed by atoms with Crippen LogP contribution >= 0.6 is 0 Å². The first-order chi connectivity index (χ1) is 7.83. The fourth-order valence-electron chi connectivity index (χ4n) is 1.67. The van der Waals surface area contributed by atoms with Gasteiger partial charge in [0.25, 0.3) is 0 Å². The Morgan fingerprint density at radius 2 is 1.81 bits per heavy atom. The minimum Gasteiger partial charge on any atom is -0.392 e. The molecule has 1 fully saturated rings. The SMILES string of the molecule is COCCOCCOCCN1CCC(O)C1. The van der Waals surface area contributed by atoms with E-state index in [9.17, 15) is 5.11 Å². The van der Waals surface area contributed by atoms with Crippen molar-refractivity contribution in [3.8, 4) is 0 Å². The lowest BCUT2D eigenvalue weighted by molar-refractivity contribution is 0.0201. The molecule has 5 nitrogen and oxygen atoms in total. The maximum Gasteiger partial charge on any atom is 0.0701 e. The molecule has 0 aromatic heterocycles. The minimum atomic E-state index is -0.141. The standard InChI is InChI=1S/C11H23NO4/c1-14-6-7-16-9-8-15-5-4-12-3-2-11(13)10-12/h11,13H,2-10H2,1H3. The van der Waals surface area contributed by atoms with Gasteiger partial charge in [0.2, 0.25) is 0 Å². The zero-order valence-electron chi connectivity index (χ0n) is 10.1. The van der Waals surface area contributed by atoms with Crippen LogP contribution in [0, 0.1) is 0 Å². The van der Waals surface area contributed by atoms with Crippen LogP contribution in [0.4, 0.5) is 0 Å². The third kappa shape index (κ3) is 6.40. The summed E-state index contributed by atoms with van der Waals surface area (Å²) in [6.07, 6.45) is 0.748. The normalized spacial score (nSPS) is 21.8. The maximum absolute atomic E-state index is 9.31. The fraction of sp³-hybridized carbons (Fsp3) is 1.00. The molecular weight excluding hydrogens is 210 g/mol. The number of hydrogen-bond donors (Lipinski definition) is 1. The molecule has 0 saturated carbocycles. The van der Waals surface area contributed by atoms with Crippen LogP contribution in [0.1, 0.15) is 6.42 Å². The van der Waals surface area contributed by atoms with Gasteiger partial charge in [-0.3, -0.25) is 4.90 Å². The molecule has 1 N–H and O–H groups in total. The highest BCUT2D eigenvalue weighted by atomic mass is 16.5. The Morgan fingerprint density at radius 1 is 1.12 bits per heavy atom. The van der Waals surface area contributed by atoms with Crippen LogP contribution in [0.3, 0.4) is 0 Å². The minimum absolute atomic E-state index is 0.141. The summed E-state index contributed by atoms with van der Waals surface area (Å²) in [6.45, 7) is 5.87. The second-order valence-corrected chi connectivity index (χ2v) is 3.96. The predicted molar refractivity (Wildman–Crippen MR) is 60.6 cm³/mol. The van der Waals surface area contributed by atoms with Gasteiger partial charge in [0, 0.05) is 26.7 Å².